The van der Waals surface area contributed by atoms with E-state index in [2.05, 4.69) is 11.1 Å². The first-order valence-corrected chi connectivity index (χ1v) is 5.21. The molecule has 0 bridgehead atoms. The maximum Gasteiger partial charge on any atom is 0.123 e. The van der Waals surface area contributed by atoms with E-state index in [-0.39, 0.29) is 5.82 Å². The highest BCUT2D eigenvalue weighted by Crippen LogP contribution is 2.25. The minimum atomic E-state index is -0.255. The fourth-order valence-electron chi connectivity index (χ4n) is 1.69. The molecule has 3 heteroatoms. The third kappa shape index (κ3) is 2.34. The van der Waals surface area contributed by atoms with E-state index in [1.807, 2.05) is 0 Å². The normalized spacial score (nSPS) is 15.8. The van der Waals surface area contributed by atoms with Crippen LogP contribution in [0.3, 0.4) is 0 Å². The molecule has 16 heavy (non-hydrogen) atoms. The van der Waals surface area contributed by atoms with Gasteiger partial charge in [0.25, 0.3) is 0 Å². The third-order valence-corrected chi connectivity index (χ3v) is 2.56. The lowest BCUT2D eigenvalue weighted by atomic mass is 10.2. The van der Waals surface area contributed by atoms with Gasteiger partial charge in [-0.3, -0.25) is 4.99 Å². The minimum absolute atomic E-state index is 0.255. The van der Waals surface area contributed by atoms with Crippen LogP contribution in [0.4, 0.5) is 4.39 Å². The predicted octanol–water partition coefficient (Wildman–Crippen LogP) is 3.21. The predicted molar refractivity (Wildman–Crippen MR) is 60.5 cm³/mol. The smallest absolute Gasteiger partial charge is 0.123 e. The molecule has 0 amide bonds. The Morgan fingerprint density at radius 3 is 2.69 bits per heavy atom. The highest BCUT2D eigenvalue weighted by molar-refractivity contribution is 5.80. The lowest BCUT2D eigenvalue weighted by Crippen LogP contribution is -1.84. The van der Waals surface area contributed by atoms with Crippen LogP contribution < -0.4 is 0 Å². The molecule has 0 saturated carbocycles. The number of allylic oxidation sites excluding steroid dienone is 2. The van der Waals surface area contributed by atoms with E-state index in [4.69, 9.17) is 5.26 Å². The number of nitriles is 1. The van der Waals surface area contributed by atoms with Crippen molar-refractivity contribution in [3.63, 3.8) is 0 Å². The van der Waals surface area contributed by atoms with Crippen molar-refractivity contribution in [1.29, 1.82) is 5.26 Å². The molecule has 2 nitrogen and oxygen atoms in total. The highest BCUT2D eigenvalue weighted by Gasteiger charge is 2.12. The van der Waals surface area contributed by atoms with Crippen molar-refractivity contribution in [3.05, 3.63) is 46.9 Å². The number of hydrogen-bond donors (Lipinski definition) is 0. The van der Waals surface area contributed by atoms with E-state index < -0.39 is 0 Å². The van der Waals surface area contributed by atoms with Crippen molar-refractivity contribution in [2.75, 3.05) is 0 Å². The Kier molecular flexibility index (Phi) is 3.11. The molecule has 0 unspecified atom stereocenters. The number of nitrogens with zero attached hydrogens (tertiary/aromatic N) is 2. The Bertz CT molecular complexity index is 478. The van der Waals surface area contributed by atoms with Gasteiger partial charge in [-0.05, 0) is 37.0 Å². The fraction of sp³-hybridized carbons (Fsp3) is 0.231. The zero-order chi connectivity index (χ0) is 11.4. The summed E-state index contributed by atoms with van der Waals surface area (Å²) in [6.07, 6.45) is 4.36. The standard InChI is InChI=1S/C13H11FN2/c14-12-6-4-10(5-7-12)9-16-13-3-1-2-11(13)8-15/h4-7,9H,1-3H2. The van der Waals surface area contributed by atoms with Gasteiger partial charge >= 0.3 is 0 Å². The van der Waals surface area contributed by atoms with Crippen molar-refractivity contribution < 1.29 is 4.39 Å². The number of hydrogen-bond acceptors (Lipinski definition) is 2. The van der Waals surface area contributed by atoms with Crippen molar-refractivity contribution in [3.8, 4) is 6.07 Å². The lowest BCUT2D eigenvalue weighted by Gasteiger charge is -1.94. The summed E-state index contributed by atoms with van der Waals surface area (Å²) in [5, 5.41) is 8.84. The second-order valence-electron chi connectivity index (χ2n) is 3.70. The average molecular weight is 214 g/mol. The van der Waals surface area contributed by atoms with E-state index in [1.165, 1.54) is 12.1 Å². The van der Waals surface area contributed by atoms with Crippen molar-refractivity contribution in [1.82, 2.24) is 0 Å². The van der Waals surface area contributed by atoms with Gasteiger partial charge in [-0.15, -0.1) is 0 Å². The maximum atomic E-state index is 12.6. The molecule has 80 valence electrons. The Balaban J connectivity index is 2.16. The molecule has 0 radical (unpaired) electrons. The molecule has 0 fully saturated rings. The quantitative estimate of drug-likeness (QED) is 0.696. The SMILES string of the molecule is N#CC1=C(N=Cc2ccc(F)cc2)CCC1. The zero-order valence-electron chi connectivity index (χ0n) is 8.78. The topological polar surface area (TPSA) is 36.1 Å². The van der Waals surface area contributed by atoms with Crippen LogP contribution in [0.2, 0.25) is 0 Å². The molecule has 1 aromatic rings. The first-order chi connectivity index (χ1) is 7.79. The van der Waals surface area contributed by atoms with Gasteiger partial charge in [0.1, 0.15) is 5.82 Å². The summed E-state index contributed by atoms with van der Waals surface area (Å²) >= 11 is 0. The van der Waals surface area contributed by atoms with Gasteiger partial charge in [0, 0.05) is 6.21 Å². The second-order valence-corrected chi connectivity index (χ2v) is 3.70. The molecule has 0 spiro atoms. The number of benzene rings is 1. The second kappa shape index (κ2) is 4.71. The average Bonchev–Trinajstić information content (AvgIpc) is 2.76. The monoisotopic (exact) mass is 214 g/mol. The molecule has 1 aliphatic carbocycles. The Morgan fingerprint density at radius 2 is 2.00 bits per heavy atom. The molecule has 0 atom stereocenters. The van der Waals surface area contributed by atoms with Crippen LogP contribution in [0.5, 0.6) is 0 Å². The largest absolute Gasteiger partial charge is 0.260 e. The van der Waals surface area contributed by atoms with Gasteiger partial charge in [0.15, 0.2) is 0 Å². The summed E-state index contributed by atoms with van der Waals surface area (Å²) in [5.41, 5.74) is 2.49. The highest BCUT2D eigenvalue weighted by atomic mass is 19.1. The number of halogens is 1. The molecule has 1 aromatic carbocycles. The molecule has 0 heterocycles. The number of rotatable bonds is 2. The zero-order valence-corrected chi connectivity index (χ0v) is 8.78. The van der Waals surface area contributed by atoms with Crippen LogP contribution in [0.1, 0.15) is 24.8 Å². The first kappa shape index (κ1) is 10.6. The van der Waals surface area contributed by atoms with Crippen molar-refractivity contribution in [2.24, 2.45) is 4.99 Å². The summed E-state index contributed by atoms with van der Waals surface area (Å²) in [7, 11) is 0. The van der Waals surface area contributed by atoms with E-state index in [0.717, 1.165) is 36.1 Å². The maximum absolute atomic E-state index is 12.6. The summed E-state index contributed by atoms with van der Waals surface area (Å²) in [6.45, 7) is 0. The van der Waals surface area contributed by atoms with Gasteiger partial charge in [-0.25, -0.2) is 4.39 Å². The van der Waals surface area contributed by atoms with Crippen LogP contribution in [0.25, 0.3) is 0 Å². The summed E-state index contributed by atoms with van der Waals surface area (Å²) in [6, 6.07) is 8.30. The van der Waals surface area contributed by atoms with Crippen molar-refractivity contribution in [2.45, 2.75) is 19.3 Å². The molecular weight excluding hydrogens is 203 g/mol. The molecule has 2 rings (SSSR count). The minimum Gasteiger partial charge on any atom is -0.260 e. The fourth-order valence-corrected chi connectivity index (χ4v) is 1.69. The summed E-state index contributed by atoms with van der Waals surface area (Å²) in [4.78, 5) is 4.29. The van der Waals surface area contributed by atoms with Gasteiger partial charge in [0.2, 0.25) is 0 Å². The van der Waals surface area contributed by atoms with Gasteiger partial charge in [0.05, 0.1) is 17.3 Å². The molecule has 0 saturated heterocycles. The van der Waals surface area contributed by atoms with E-state index >= 15 is 0 Å². The molecule has 0 aliphatic heterocycles. The van der Waals surface area contributed by atoms with E-state index in [9.17, 15) is 4.39 Å². The molecular formula is C13H11FN2. The first-order valence-electron chi connectivity index (χ1n) is 5.21. The third-order valence-electron chi connectivity index (χ3n) is 2.56. The van der Waals surface area contributed by atoms with Crippen LogP contribution in [-0.2, 0) is 0 Å². The van der Waals surface area contributed by atoms with Gasteiger partial charge < -0.3 is 0 Å². The Labute approximate surface area is 93.7 Å². The van der Waals surface area contributed by atoms with Crippen LogP contribution in [0.15, 0.2) is 40.5 Å². The Morgan fingerprint density at radius 1 is 1.25 bits per heavy atom. The lowest BCUT2D eigenvalue weighted by molar-refractivity contribution is 0.628. The molecule has 0 N–H and O–H groups in total. The van der Waals surface area contributed by atoms with Gasteiger partial charge in [-0.1, -0.05) is 12.1 Å². The summed E-state index contributed by atoms with van der Waals surface area (Å²) in [5.74, 6) is -0.255. The van der Waals surface area contributed by atoms with Crippen LogP contribution in [0, 0.1) is 17.1 Å². The van der Waals surface area contributed by atoms with E-state index in [1.54, 1.807) is 18.3 Å². The summed E-state index contributed by atoms with van der Waals surface area (Å²) < 4.78 is 12.6. The number of aliphatic imine (C=N–C) groups is 1. The molecule has 1 aliphatic rings. The van der Waals surface area contributed by atoms with Crippen molar-refractivity contribution >= 4 is 6.21 Å². The Hall–Kier alpha value is -1.95. The van der Waals surface area contributed by atoms with Gasteiger partial charge in [-0.2, -0.15) is 5.26 Å². The van der Waals surface area contributed by atoms with E-state index in [0.29, 0.717) is 0 Å². The van der Waals surface area contributed by atoms with Crippen LogP contribution in [-0.4, -0.2) is 6.21 Å². The molecule has 0 aromatic heterocycles. The van der Waals surface area contributed by atoms with Crippen LogP contribution >= 0.6 is 0 Å².